The van der Waals surface area contributed by atoms with Gasteiger partial charge in [-0.2, -0.15) is 0 Å². The number of amides is 1. The van der Waals surface area contributed by atoms with E-state index < -0.39 is 0 Å². The van der Waals surface area contributed by atoms with Gasteiger partial charge in [0, 0.05) is 8.95 Å². The van der Waals surface area contributed by atoms with E-state index in [0.29, 0.717) is 10.0 Å². The summed E-state index contributed by atoms with van der Waals surface area (Å²) in [5.74, 6) is -0.623. The summed E-state index contributed by atoms with van der Waals surface area (Å²) >= 11 is 6.57. The van der Waals surface area contributed by atoms with Gasteiger partial charge < -0.3 is 5.32 Å². The molecule has 0 saturated carbocycles. The van der Waals surface area contributed by atoms with E-state index in [2.05, 4.69) is 37.2 Å². The van der Waals surface area contributed by atoms with Crippen molar-refractivity contribution in [2.45, 2.75) is 13.0 Å². The minimum absolute atomic E-state index is 0.132. The van der Waals surface area contributed by atoms with Gasteiger partial charge in [-0.05, 0) is 58.7 Å². The zero-order valence-electron chi connectivity index (χ0n) is 10.7. The summed E-state index contributed by atoms with van der Waals surface area (Å²) in [7, 11) is 0. The van der Waals surface area contributed by atoms with Crippen LogP contribution < -0.4 is 5.32 Å². The van der Waals surface area contributed by atoms with Crippen LogP contribution in [0.3, 0.4) is 0 Å². The smallest absolute Gasteiger partial charge is 0.252 e. The Kier molecular flexibility index (Phi) is 4.94. The van der Waals surface area contributed by atoms with Crippen LogP contribution in [0.4, 0.5) is 4.39 Å². The highest BCUT2D eigenvalue weighted by molar-refractivity contribution is 9.10. The molecule has 2 aromatic rings. The molecule has 0 fully saturated rings. The first kappa shape index (κ1) is 15.2. The van der Waals surface area contributed by atoms with Crippen molar-refractivity contribution in [1.82, 2.24) is 5.32 Å². The van der Waals surface area contributed by atoms with Gasteiger partial charge in [0.05, 0.1) is 11.6 Å². The molecule has 0 saturated heterocycles. The number of rotatable bonds is 3. The van der Waals surface area contributed by atoms with Gasteiger partial charge in [0.15, 0.2) is 0 Å². The van der Waals surface area contributed by atoms with E-state index in [1.54, 1.807) is 0 Å². The van der Waals surface area contributed by atoms with E-state index in [0.717, 1.165) is 10.0 Å². The molecule has 0 radical (unpaired) electrons. The lowest BCUT2D eigenvalue weighted by molar-refractivity contribution is 0.0939. The Morgan fingerprint density at radius 2 is 1.80 bits per heavy atom. The quantitative estimate of drug-likeness (QED) is 0.784. The summed E-state index contributed by atoms with van der Waals surface area (Å²) in [4.78, 5) is 12.2. The van der Waals surface area contributed by atoms with Crippen molar-refractivity contribution in [3.63, 3.8) is 0 Å². The largest absolute Gasteiger partial charge is 0.345 e. The molecule has 2 aromatic carbocycles. The average molecular weight is 401 g/mol. The van der Waals surface area contributed by atoms with Crippen LogP contribution in [0, 0.1) is 5.82 Å². The normalized spacial score (nSPS) is 12.0. The maximum Gasteiger partial charge on any atom is 0.252 e. The van der Waals surface area contributed by atoms with E-state index in [1.165, 1.54) is 18.2 Å². The van der Waals surface area contributed by atoms with Gasteiger partial charge in [0.25, 0.3) is 5.91 Å². The summed E-state index contributed by atoms with van der Waals surface area (Å²) in [6.45, 7) is 1.90. The lowest BCUT2D eigenvalue weighted by Gasteiger charge is -2.15. The molecule has 0 aliphatic carbocycles. The molecule has 1 N–H and O–H groups in total. The Hall–Kier alpha value is -1.20. The van der Waals surface area contributed by atoms with E-state index in [4.69, 9.17) is 0 Å². The molecule has 20 heavy (non-hydrogen) atoms. The molecule has 0 heterocycles. The van der Waals surface area contributed by atoms with Gasteiger partial charge >= 0.3 is 0 Å². The van der Waals surface area contributed by atoms with E-state index in [-0.39, 0.29) is 17.8 Å². The topological polar surface area (TPSA) is 29.1 Å². The lowest BCUT2D eigenvalue weighted by Crippen LogP contribution is -2.26. The highest BCUT2D eigenvalue weighted by Gasteiger charge is 2.14. The molecule has 0 bridgehead atoms. The number of halogens is 3. The lowest BCUT2D eigenvalue weighted by atomic mass is 10.1. The monoisotopic (exact) mass is 399 g/mol. The summed E-state index contributed by atoms with van der Waals surface area (Å²) in [5, 5.41) is 2.89. The maximum absolute atomic E-state index is 13.0. The fourth-order valence-electron chi connectivity index (χ4n) is 1.78. The van der Waals surface area contributed by atoms with Gasteiger partial charge in [0.1, 0.15) is 5.82 Å². The van der Waals surface area contributed by atoms with Crippen molar-refractivity contribution in [3.05, 3.63) is 68.4 Å². The van der Waals surface area contributed by atoms with E-state index in [9.17, 15) is 9.18 Å². The number of carbonyl (C=O) groups excluding carboxylic acids is 1. The van der Waals surface area contributed by atoms with Crippen molar-refractivity contribution in [2.24, 2.45) is 0 Å². The molecule has 1 amide bonds. The minimum atomic E-state index is -0.380. The number of hydrogen-bond acceptors (Lipinski definition) is 1. The van der Waals surface area contributed by atoms with Crippen LogP contribution in [0.25, 0.3) is 0 Å². The first-order valence-electron chi connectivity index (χ1n) is 5.99. The van der Waals surface area contributed by atoms with Gasteiger partial charge in [-0.25, -0.2) is 4.39 Å². The molecular formula is C15H12Br2FNO. The third-order valence-electron chi connectivity index (χ3n) is 2.89. The fraction of sp³-hybridized carbons (Fsp3) is 0.133. The van der Waals surface area contributed by atoms with Gasteiger partial charge in [-0.1, -0.05) is 28.1 Å². The number of hydrogen-bond donors (Lipinski definition) is 1. The highest BCUT2D eigenvalue weighted by atomic mass is 79.9. The molecule has 0 aromatic heterocycles. The Bertz CT molecular complexity index is 628. The van der Waals surface area contributed by atoms with Crippen molar-refractivity contribution < 1.29 is 9.18 Å². The molecule has 0 unspecified atom stereocenters. The number of carbonyl (C=O) groups is 1. The van der Waals surface area contributed by atoms with Crippen LogP contribution >= 0.6 is 31.9 Å². The Balaban J connectivity index is 2.13. The SMILES string of the molecule is C[C@@H](NC(=O)c1ccc(F)cc1Br)c1ccc(Br)cc1. The van der Waals surface area contributed by atoms with E-state index in [1.807, 2.05) is 31.2 Å². The average Bonchev–Trinajstić information content (AvgIpc) is 2.39. The van der Waals surface area contributed by atoms with Crippen molar-refractivity contribution in [2.75, 3.05) is 0 Å². The summed E-state index contributed by atoms with van der Waals surface area (Å²) < 4.78 is 14.4. The molecule has 5 heteroatoms. The third kappa shape index (κ3) is 3.67. The summed E-state index contributed by atoms with van der Waals surface area (Å²) in [5.41, 5.74) is 1.41. The first-order chi connectivity index (χ1) is 9.47. The Labute approximate surface area is 133 Å². The standard InChI is InChI=1S/C15H12Br2FNO/c1-9(10-2-4-11(16)5-3-10)19-15(20)13-7-6-12(18)8-14(13)17/h2-9H,1H3,(H,19,20)/t9-/m1/s1. The second-order valence-electron chi connectivity index (χ2n) is 4.37. The summed E-state index contributed by atoms with van der Waals surface area (Å²) in [6, 6.07) is 11.6. The minimum Gasteiger partial charge on any atom is -0.345 e. The van der Waals surface area contributed by atoms with Crippen LogP contribution in [0.1, 0.15) is 28.9 Å². The molecular weight excluding hydrogens is 389 g/mol. The van der Waals surface area contributed by atoms with Gasteiger partial charge in [0.2, 0.25) is 0 Å². The molecule has 1 atom stereocenters. The van der Waals surface area contributed by atoms with Gasteiger partial charge in [-0.15, -0.1) is 0 Å². The van der Waals surface area contributed by atoms with Crippen LogP contribution in [0.15, 0.2) is 51.4 Å². The van der Waals surface area contributed by atoms with E-state index >= 15 is 0 Å². The Morgan fingerprint density at radius 3 is 2.40 bits per heavy atom. The molecule has 0 spiro atoms. The molecule has 2 rings (SSSR count). The van der Waals surface area contributed by atoms with Crippen molar-refractivity contribution in [3.8, 4) is 0 Å². The van der Waals surface area contributed by atoms with Crippen LogP contribution in [-0.4, -0.2) is 5.91 Å². The highest BCUT2D eigenvalue weighted by Crippen LogP contribution is 2.20. The van der Waals surface area contributed by atoms with Gasteiger partial charge in [-0.3, -0.25) is 4.79 Å². The third-order valence-corrected chi connectivity index (χ3v) is 4.08. The van der Waals surface area contributed by atoms with Crippen LogP contribution in [0.5, 0.6) is 0 Å². The summed E-state index contributed by atoms with van der Waals surface area (Å²) in [6.07, 6.45) is 0. The van der Waals surface area contributed by atoms with Crippen molar-refractivity contribution in [1.29, 1.82) is 0 Å². The molecule has 0 aliphatic heterocycles. The number of benzene rings is 2. The molecule has 104 valence electrons. The first-order valence-corrected chi connectivity index (χ1v) is 7.57. The molecule has 2 nitrogen and oxygen atoms in total. The predicted molar refractivity (Wildman–Crippen MR) is 84.1 cm³/mol. The Morgan fingerprint density at radius 1 is 1.15 bits per heavy atom. The molecule has 0 aliphatic rings. The van der Waals surface area contributed by atoms with Crippen molar-refractivity contribution >= 4 is 37.8 Å². The maximum atomic E-state index is 13.0. The number of nitrogens with one attached hydrogen (secondary N) is 1. The predicted octanol–water partition coefficient (Wildman–Crippen LogP) is 4.84. The zero-order chi connectivity index (χ0) is 14.7. The second kappa shape index (κ2) is 6.50. The van der Waals surface area contributed by atoms with Crippen LogP contribution in [-0.2, 0) is 0 Å². The second-order valence-corrected chi connectivity index (χ2v) is 6.14. The van der Waals surface area contributed by atoms with Crippen LogP contribution in [0.2, 0.25) is 0 Å². The zero-order valence-corrected chi connectivity index (χ0v) is 13.8. The fourth-order valence-corrected chi connectivity index (χ4v) is 2.58.